The number of ether oxygens (including phenoxy) is 1. The molecule has 0 aliphatic heterocycles. The van der Waals surface area contributed by atoms with Crippen LogP contribution in [0.1, 0.15) is 39.7 Å². The molecule has 2 heteroatoms. The minimum absolute atomic E-state index is 0.000629. The molecule has 0 aromatic heterocycles. The topological polar surface area (TPSA) is 26.3 Å². The lowest BCUT2D eigenvalue weighted by Crippen LogP contribution is -2.31. The Morgan fingerprint density at radius 2 is 1.87 bits per heavy atom. The van der Waals surface area contributed by atoms with Gasteiger partial charge in [-0.25, -0.2) is 4.79 Å². The molecule has 1 aliphatic rings. The molecule has 23 heavy (non-hydrogen) atoms. The summed E-state index contributed by atoms with van der Waals surface area (Å²) in [6, 6.07) is 7.83. The second-order valence-electron chi connectivity index (χ2n) is 6.74. The molecule has 0 N–H and O–H groups in total. The average Bonchev–Trinajstić information content (AvgIpc) is 2.55. The molecule has 0 fully saturated rings. The highest BCUT2D eigenvalue weighted by Crippen LogP contribution is 2.41. The monoisotopic (exact) mass is 310 g/mol. The van der Waals surface area contributed by atoms with Crippen LogP contribution in [-0.2, 0) is 10.2 Å². The molecule has 0 amide bonds. The number of hydrogen-bond donors (Lipinski definition) is 0. The zero-order valence-electron chi connectivity index (χ0n) is 14.5. The third-order valence-corrected chi connectivity index (χ3v) is 4.72. The Kier molecular flexibility index (Phi) is 5.25. The number of carbonyl (C=O) groups is 1. The largest absolute Gasteiger partial charge is 0.423 e. The molecule has 0 radical (unpaired) electrons. The van der Waals surface area contributed by atoms with E-state index in [4.69, 9.17) is 4.74 Å². The minimum Gasteiger partial charge on any atom is -0.423 e. The lowest BCUT2D eigenvalue weighted by molar-refractivity contribution is -0.128. The minimum atomic E-state index is -0.432. The molecular weight excluding hydrogens is 284 g/mol. The van der Waals surface area contributed by atoms with Gasteiger partial charge in [-0.05, 0) is 41.5 Å². The first-order valence-corrected chi connectivity index (χ1v) is 8.23. The summed E-state index contributed by atoms with van der Waals surface area (Å²) >= 11 is 0. The zero-order valence-corrected chi connectivity index (χ0v) is 14.5. The van der Waals surface area contributed by atoms with E-state index in [9.17, 15) is 4.79 Å². The van der Waals surface area contributed by atoms with E-state index in [1.165, 1.54) is 17.2 Å². The molecule has 1 atom stereocenters. The summed E-state index contributed by atoms with van der Waals surface area (Å²) in [5.41, 5.74) is 2.65. The third-order valence-electron chi connectivity index (χ3n) is 4.72. The van der Waals surface area contributed by atoms with E-state index < -0.39 is 5.97 Å². The van der Waals surface area contributed by atoms with Crippen molar-refractivity contribution in [2.24, 2.45) is 11.8 Å². The van der Waals surface area contributed by atoms with Gasteiger partial charge in [0.1, 0.15) is 5.75 Å². The molecule has 2 rings (SSSR count). The summed E-state index contributed by atoms with van der Waals surface area (Å²) in [6.45, 7) is 12.4. The molecule has 1 aromatic rings. The third kappa shape index (κ3) is 3.64. The van der Waals surface area contributed by atoms with Crippen molar-refractivity contribution in [3.05, 3.63) is 66.3 Å². The summed E-state index contributed by atoms with van der Waals surface area (Å²) in [5, 5.41) is 0. The Balaban J connectivity index is 2.28. The average molecular weight is 310 g/mol. The van der Waals surface area contributed by atoms with Crippen molar-refractivity contribution in [2.75, 3.05) is 0 Å². The molecule has 1 unspecified atom stereocenters. The molecular formula is C21H26O2. The van der Waals surface area contributed by atoms with Crippen LogP contribution in [0.5, 0.6) is 5.75 Å². The number of allylic oxidation sites excluding steroid dienone is 4. The maximum atomic E-state index is 11.3. The quantitative estimate of drug-likeness (QED) is 0.424. The molecule has 1 aliphatic carbocycles. The van der Waals surface area contributed by atoms with Gasteiger partial charge >= 0.3 is 5.97 Å². The second-order valence-corrected chi connectivity index (χ2v) is 6.74. The fourth-order valence-corrected chi connectivity index (χ4v) is 3.06. The fraction of sp³-hybridized carbons (Fsp3) is 0.381. The number of esters is 1. The van der Waals surface area contributed by atoms with Crippen LogP contribution in [0.15, 0.2) is 60.7 Å². The Morgan fingerprint density at radius 3 is 2.30 bits per heavy atom. The van der Waals surface area contributed by atoms with Gasteiger partial charge in [-0.1, -0.05) is 64.6 Å². The lowest BCUT2D eigenvalue weighted by Gasteiger charge is -2.37. The van der Waals surface area contributed by atoms with Crippen LogP contribution >= 0.6 is 0 Å². The molecule has 0 heterocycles. The highest BCUT2D eigenvalue weighted by atomic mass is 16.5. The summed E-state index contributed by atoms with van der Waals surface area (Å²) in [7, 11) is 0. The first kappa shape index (κ1) is 17.3. The predicted octanol–water partition coefficient (Wildman–Crippen LogP) is 5.21. The first-order chi connectivity index (χ1) is 10.9. The van der Waals surface area contributed by atoms with E-state index in [1.807, 2.05) is 12.1 Å². The number of benzene rings is 1. The van der Waals surface area contributed by atoms with E-state index in [0.29, 0.717) is 17.6 Å². The van der Waals surface area contributed by atoms with Gasteiger partial charge in [0.2, 0.25) is 0 Å². The molecule has 122 valence electrons. The van der Waals surface area contributed by atoms with Crippen molar-refractivity contribution in [1.82, 2.24) is 0 Å². The standard InChI is InChI=1S/C21H26O2/c1-6-20(22)23-19-9-7-18(8-10-19)21(16(4)5)13-11-17(12-14-21)15(2)3/h6-13,15-16H,1,14H2,2-5H3. The molecule has 0 saturated heterocycles. The first-order valence-electron chi connectivity index (χ1n) is 8.23. The van der Waals surface area contributed by atoms with Gasteiger partial charge in [0.25, 0.3) is 0 Å². The lowest BCUT2D eigenvalue weighted by atomic mass is 9.66. The van der Waals surface area contributed by atoms with Gasteiger partial charge in [0, 0.05) is 11.5 Å². The van der Waals surface area contributed by atoms with Crippen LogP contribution in [0.2, 0.25) is 0 Å². The maximum absolute atomic E-state index is 11.3. The summed E-state index contributed by atoms with van der Waals surface area (Å²) in [4.78, 5) is 11.3. The number of hydrogen-bond acceptors (Lipinski definition) is 2. The Hall–Kier alpha value is -2.09. The van der Waals surface area contributed by atoms with Gasteiger partial charge < -0.3 is 4.74 Å². The highest BCUT2D eigenvalue weighted by Gasteiger charge is 2.34. The van der Waals surface area contributed by atoms with Gasteiger partial charge in [-0.15, -0.1) is 0 Å². The van der Waals surface area contributed by atoms with E-state index in [-0.39, 0.29) is 5.41 Å². The van der Waals surface area contributed by atoms with Gasteiger partial charge in [0.05, 0.1) is 0 Å². The molecule has 1 aromatic carbocycles. The van der Waals surface area contributed by atoms with Crippen LogP contribution in [0, 0.1) is 11.8 Å². The van der Waals surface area contributed by atoms with E-state index in [0.717, 1.165) is 6.42 Å². The Bertz CT molecular complexity index is 632. The molecule has 0 saturated carbocycles. The molecule has 0 spiro atoms. The van der Waals surface area contributed by atoms with E-state index in [2.05, 4.69) is 64.6 Å². The second kappa shape index (κ2) is 6.99. The smallest absolute Gasteiger partial charge is 0.335 e. The molecule has 0 bridgehead atoms. The van der Waals surface area contributed by atoms with Crippen LogP contribution in [0.4, 0.5) is 0 Å². The van der Waals surface area contributed by atoms with Crippen LogP contribution < -0.4 is 4.74 Å². The van der Waals surface area contributed by atoms with Crippen molar-refractivity contribution in [3.63, 3.8) is 0 Å². The van der Waals surface area contributed by atoms with Crippen LogP contribution in [0.3, 0.4) is 0 Å². The highest BCUT2D eigenvalue weighted by molar-refractivity contribution is 5.83. The molecule has 2 nitrogen and oxygen atoms in total. The van der Waals surface area contributed by atoms with E-state index >= 15 is 0 Å². The van der Waals surface area contributed by atoms with Crippen molar-refractivity contribution in [2.45, 2.75) is 39.5 Å². The van der Waals surface area contributed by atoms with E-state index in [1.54, 1.807) is 0 Å². The maximum Gasteiger partial charge on any atom is 0.335 e. The Morgan fingerprint density at radius 1 is 1.22 bits per heavy atom. The van der Waals surface area contributed by atoms with Crippen molar-refractivity contribution in [1.29, 1.82) is 0 Å². The number of carbonyl (C=O) groups excluding carboxylic acids is 1. The van der Waals surface area contributed by atoms with Gasteiger partial charge in [-0.3, -0.25) is 0 Å². The SMILES string of the molecule is C=CC(=O)Oc1ccc(C2(C(C)C)C=CC(C(C)C)=CC2)cc1. The number of rotatable bonds is 5. The summed E-state index contributed by atoms with van der Waals surface area (Å²) in [6.07, 6.45) is 9.14. The predicted molar refractivity (Wildman–Crippen MR) is 95.5 cm³/mol. The Labute approximate surface area is 139 Å². The van der Waals surface area contributed by atoms with Crippen molar-refractivity contribution in [3.8, 4) is 5.75 Å². The summed E-state index contributed by atoms with van der Waals surface area (Å²) < 4.78 is 5.16. The van der Waals surface area contributed by atoms with Crippen molar-refractivity contribution < 1.29 is 9.53 Å². The van der Waals surface area contributed by atoms with Gasteiger partial charge in [-0.2, -0.15) is 0 Å². The normalized spacial score (nSPS) is 20.5. The van der Waals surface area contributed by atoms with Crippen LogP contribution in [0.25, 0.3) is 0 Å². The summed E-state index contributed by atoms with van der Waals surface area (Å²) in [5.74, 6) is 1.15. The van der Waals surface area contributed by atoms with Crippen molar-refractivity contribution >= 4 is 5.97 Å². The van der Waals surface area contributed by atoms with Crippen LogP contribution in [-0.4, -0.2) is 5.97 Å². The zero-order chi connectivity index (χ0) is 17.0. The van der Waals surface area contributed by atoms with Gasteiger partial charge in [0.15, 0.2) is 0 Å². The fourth-order valence-electron chi connectivity index (χ4n) is 3.06.